The van der Waals surface area contributed by atoms with E-state index in [9.17, 15) is 13.2 Å². The number of hydrogen-bond acceptors (Lipinski definition) is 3. The van der Waals surface area contributed by atoms with E-state index in [-0.39, 0.29) is 11.4 Å². The number of hydrogen-bond donors (Lipinski definition) is 2. The first-order valence-corrected chi connectivity index (χ1v) is 8.55. The molecule has 0 radical (unpaired) electrons. The van der Waals surface area contributed by atoms with Crippen molar-refractivity contribution in [1.29, 1.82) is 0 Å². The van der Waals surface area contributed by atoms with E-state index in [4.69, 9.17) is 0 Å². The Kier molecular flexibility index (Phi) is 5.57. The summed E-state index contributed by atoms with van der Waals surface area (Å²) >= 11 is 0. The number of piperidine rings is 1. The lowest BCUT2D eigenvalue weighted by atomic mass is 10.0. The predicted molar refractivity (Wildman–Crippen MR) is 79.4 cm³/mol. The van der Waals surface area contributed by atoms with Crippen LogP contribution in [0.2, 0.25) is 0 Å². The lowest BCUT2D eigenvalue weighted by Gasteiger charge is -2.31. The first-order chi connectivity index (χ1) is 9.01. The summed E-state index contributed by atoms with van der Waals surface area (Å²) in [5.74, 6) is 0.0464. The average Bonchev–Trinajstić information content (AvgIpc) is 2.26. The summed E-state index contributed by atoms with van der Waals surface area (Å²) in [5.41, 5.74) is -0.379. The molecule has 1 rings (SSSR count). The third-order valence-corrected chi connectivity index (χ3v) is 4.84. The molecule has 1 fully saturated rings. The van der Waals surface area contributed by atoms with Gasteiger partial charge in [-0.25, -0.2) is 0 Å². The number of nitrogens with zero attached hydrogens (tertiary/aromatic N) is 1. The predicted octanol–water partition coefficient (Wildman–Crippen LogP) is 0.856. The zero-order valence-electron chi connectivity index (χ0n) is 13.1. The van der Waals surface area contributed by atoms with E-state index in [0.717, 1.165) is 12.8 Å². The normalized spacial score (nSPS) is 23.4. The first-order valence-electron chi connectivity index (χ1n) is 7.11. The van der Waals surface area contributed by atoms with Gasteiger partial charge in [-0.3, -0.25) is 4.79 Å². The standard InChI is InChI=1S/C13H27N3O3S/c1-10-7-6-8-16(9-10)20(18,19)15-11(2)12(17)14-13(3,4)5/h10-11,15H,6-9H2,1-5H3,(H,14,17). The van der Waals surface area contributed by atoms with Crippen LogP contribution in [0.25, 0.3) is 0 Å². The Bertz CT molecular complexity index is 442. The number of nitrogens with one attached hydrogen (secondary N) is 2. The number of carbonyl (C=O) groups is 1. The van der Waals surface area contributed by atoms with Crippen LogP contribution in [0.5, 0.6) is 0 Å². The molecule has 1 saturated heterocycles. The van der Waals surface area contributed by atoms with Crippen LogP contribution in [0, 0.1) is 5.92 Å². The molecule has 1 aliphatic heterocycles. The van der Waals surface area contributed by atoms with Gasteiger partial charge in [-0.05, 0) is 46.5 Å². The van der Waals surface area contributed by atoms with Gasteiger partial charge >= 0.3 is 0 Å². The van der Waals surface area contributed by atoms with Crippen molar-refractivity contribution in [1.82, 2.24) is 14.3 Å². The van der Waals surface area contributed by atoms with Crippen LogP contribution in [0.3, 0.4) is 0 Å². The van der Waals surface area contributed by atoms with Crippen LogP contribution in [-0.2, 0) is 15.0 Å². The highest BCUT2D eigenvalue weighted by Gasteiger charge is 2.30. The van der Waals surface area contributed by atoms with Gasteiger partial charge in [-0.1, -0.05) is 6.92 Å². The van der Waals surface area contributed by atoms with E-state index in [1.807, 2.05) is 27.7 Å². The molecule has 118 valence electrons. The fraction of sp³-hybridized carbons (Fsp3) is 0.923. The van der Waals surface area contributed by atoms with Crippen molar-refractivity contribution in [2.24, 2.45) is 5.92 Å². The van der Waals surface area contributed by atoms with E-state index < -0.39 is 16.3 Å². The summed E-state index contributed by atoms with van der Waals surface area (Å²) in [7, 11) is -3.59. The van der Waals surface area contributed by atoms with Crippen LogP contribution in [-0.4, -0.2) is 43.3 Å². The number of carbonyl (C=O) groups excluding carboxylic acids is 1. The molecule has 0 aromatic rings. The maximum absolute atomic E-state index is 12.2. The highest BCUT2D eigenvalue weighted by molar-refractivity contribution is 7.87. The van der Waals surface area contributed by atoms with Gasteiger partial charge < -0.3 is 5.32 Å². The second-order valence-electron chi connectivity index (χ2n) is 6.69. The van der Waals surface area contributed by atoms with Crippen molar-refractivity contribution in [3.05, 3.63) is 0 Å². The van der Waals surface area contributed by atoms with E-state index in [2.05, 4.69) is 10.0 Å². The van der Waals surface area contributed by atoms with Crippen LogP contribution >= 0.6 is 0 Å². The first kappa shape index (κ1) is 17.4. The summed E-state index contributed by atoms with van der Waals surface area (Å²) < 4.78 is 28.4. The van der Waals surface area contributed by atoms with Crippen LogP contribution in [0.1, 0.15) is 47.5 Å². The van der Waals surface area contributed by atoms with Crippen molar-refractivity contribution in [3.8, 4) is 0 Å². The molecule has 2 atom stereocenters. The average molecular weight is 305 g/mol. The van der Waals surface area contributed by atoms with Crippen molar-refractivity contribution in [2.75, 3.05) is 13.1 Å². The molecule has 0 bridgehead atoms. The molecule has 1 amide bonds. The molecule has 0 aromatic carbocycles. The van der Waals surface area contributed by atoms with Gasteiger partial charge in [0.15, 0.2) is 0 Å². The summed E-state index contributed by atoms with van der Waals surface area (Å²) in [6, 6.07) is -0.781. The SMILES string of the molecule is CC1CCCN(S(=O)(=O)NC(C)C(=O)NC(C)(C)C)C1. The van der Waals surface area contributed by atoms with Gasteiger partial charge in [0, 0.05) is 18.6 Å². The van der Waals surface area contributed by atoms with Crippen molar-refractivity contribution in [3.63, 3.8) is 0 Å². The number of rotatable bonds is 4. The van der Waals surface area contributed by atoms with E-state index in [1.165, 1.54) is 4.31 Å². The van der Waals surface area contributed by atoms with E-state index >= 15 is 0 Å². The molecule has 0 saturated carbocycles. The Hall–Kier alpha value is -0.660. The Morgan fingerprint density at radius 2 is 1.95 bits per heavy atom. The molecule has 0 spiro atoms. The smallest absolute Gasteiger partial charge is 0.280 e. The lowest BCUT2D eigenvalue weighted by Crippen LogP contribution is -2.54. The third-order valence-electron chi connectivity index (χ3n) is 3.18. The summed E-state index contributed by atoms with van der Waals surface area (Å²) in [6.07, 6.45) is 1.91. The highest BCUT2D eigenvalue weighted by Crippen LogP contribution is 2.17. The molecule has 2 unspecified atom stereocenters. The van der Waals surface area contributed by atoms with Gasteiger partial charge in [-0.15, -0.1) is 0 Å². The van der Waals surface area contributed by atoms with Gasteiger partial charge in [0.25, 0.3) is 10.2 Å². The lowest BCUT2D eigenvalue weighted by molar-refractivity contribution is -0.123. The molecule has 1 aliphatic rings. The quantitative estimate of drug-likeness (QED) is 0.808. The maximum atomic E-state index is 12.2. The molecular weight excluding hydrogens is 278 g/mol. The van der Waals surface area contributed by atoms with Gasteiger partial charge in [0.2, 0.25) is 5.91 Å². The third kappa shape index (κ3) is 5.38. The Balaban J connectivity index is 2.63. The summed E-state index contributed by atoms with van der Waals surface area (Å²) in [5, 5.41) is 2.77. The molecule has 6 nitrogen and oxygen atoms in total. The van der Waals surface area contributed by atoms with Crippen molar-refractivity contribution < 1.29 is 13.2 Å². The monoisotopic (exact) mass is 305 g/mol. The highest BCUT2D eigenvalue weighted by atomic mass is 32.2. The molecule has 0 aromatic heterocycles. The molecule has 0 aliphatic carbocycles. The van der Waals surface area contributed by atoms with Crippen molar-refractivity contribution in [2.45, 2.75) is 59.0 Å². The minimum absolute atomic E-state index is 0.314. The Morgan fingerprint density at radius 3 is 2.45 bits per heavy atom. The van der Waals surface area contributed by atoms with Gasteiger partial charge in [-0.2, -0.15) is 17.4 Å². The van der Waals surface area contributed by atoms with Gasteiger partial charge in [0.1, 0.15) is 0 Å². The van der Waals surface area contributed by atoms with Crippen LogP contribution in [0.15, 0.2) is 0 Å². The largest absolute Gasteiger partial charge is 0.350 e. The molecule has 1 heterocycles. The second kappa shape index (κ2) is 6.41. The zero-order chi connectivity index (χ0) is 15.6. The Morgan fingerprint density at radius 1 is 1.35 bits per heavy atom. The van der Waals surface area contributed by atoms with Gasteiger partial charge in [0.05, 0.1) is 6.04 Å². The molecular formula is C13H27N3O3S. The molecule has 7 heteroatoms. The molecule has 2 N–H and O–H groups in total. The zero-order valence-corrected chi connectivity index (χ0v) is 13.9. The Labute approximate surface area is 122 Å². The van der Waals surface area contributed by atoms with Crippen molar-refractivity contribution >= 4 is 16.1 Å². The fourth-order valence-electron chi connectivity index (χ4n) is 2.19. The minimum Gasteiger partial charge on any atom is -0.350 e. The topological polar surface area (TPSA) is 78.5 Å². The van der Waals surface area contributed by atoms with E-state index in [1.54, 1.807) is 6.92 Å². The second-order valence-corrected chi connectivity index (χ2v) is 8.39. The summed E-state index contributed by atoms with van der Waals surface area (Å²) in [4.78, 5) is 11.9. The minimum atomic E-state index is -3.59. The fourth-order valence-corrected chi connectivity index (χ4v) is 3.72. The van der Waals surface area contributed by atoms with Crippen LogP contribution < -0.4 is 10.0 Å². The van der Waals surface area contributed by atoms with E-state index in [0.29, 0.717) is 19.0 Å². The molecule has 20 heavy (non-hydrogen) atoms. The van der Waals surface area contributed by atoms with Crippen LogP contribution in [0.4, 0.5) is 0 Å². The maximum Gasteiger partial charge on any atom is 0.280 e. The number of amides is 1. The summed E-state index contributed by atoms with van der Waals surface area (Å²) in [6.45, 7) is 10.2.